The van der Waals surface area contributed by atoms with E-state index in [0.717, 1.165) is 29.7 Å². The van der Waals surface area contributed by atoms with Gasteiger partial charge in [0.2, 0.25) is 5.91 Å². The molecule has 0 saturated heterocycles. The van der Waals surface area contributed by atoms with E-state index in [-0.39, 0.29) is 18.6 Å². The van der Waals surface area contributed by atoms with Gasteiger partial charge in [-0.15, -0.1) is 0 Å². The lowest BCUT2D eigenvalue weighted by Gasteiger charge is -2.07. The van der Waals surface area contributed by atoms with Crippen molar-refractivity contribution in [2.45, 2.75) is 18.9 Å². The van der Waals surface area contributed by atoms with Crippen molar-refractivity contribution in [2.24, 2.45) is 0 Å². The van der Waals surface area contributed by atoms with Crippen LogP contribution in [0.25, 0.3) is 16.9 Å². The van der Waals surface area contributed by atoms with Gasteiger partial charge in [0.1, 0.15) is 18.8 Å². The van der Waals surface area contributed by atoms with Crippen LogP contribution in [0.4, 0.5) is 5.69 Å². The fourth-order valence-electron chi connectivity index (χ4n) is 2.37. The Labute approximate surface area is 133 Å². The fraction of sp³-hybridized carbons (Fsp3) is 0.235. The van der Waals surface area contributed by atoms with Crippen LogP contribution >= 0.6 is 0 Å². The van der Waals surface area contributed by atoms with E-state index in [4.69, 9.17) is 4.74 Å². The monoisotopic (exact) mass is 308 g/mol. The minimum atomic E-state index is -0.153. The highest BCUT2D eigenvalue weighted by Gasteiger charge is 2.22. The first-order valence-electron chi connectivity index (χ1n) is 7.59. The number of anilines is 1. The molecule has 4 rings (SSSR count). The van der Waals surface area contributed by atoms with Crippen molar-refractivity contribution in [1.29, 1.82) is 0 Å². The lowest BCUT2D eigenvalue weighted by atomic mass is 10.3. The van der Waals surface area contributed by atoms with Crippen LogP contribution in [0, 0.1) is 0 Å². The second-order valence-corrected chi connectivity index (χ2v) is 5.57. The molecule has 1 N–H and O–H groups in total. The van der Waals surface area contributed by atoms with Crippen molar-refractivity contribution in [3.63, 3.8) is 0 Å². The van der Waals surface area contributed by atoms with Gasteiger partial charge in [-0.2, -0.15) is 0 Å². The lowest BCUT2D eigenvalue weighted by Crippen LogP contribution is -2.19. The van der Waals surface area contributed by atoms with Crippen LogP contribution in [0.3, 0.4) is 0 Å². The molecule has 2 heterocycles. The number of imidazole rings is 1. The number of para-hydroxylation sites is 2. The first kappa shape index (κ1) is 13.9. The molecule has 0 aliphatic heterocycles. The summed E-state index contributed by atoms with van der Waals surface area (Å²) in [4.78, 5) is 20.5. The van der Waals surface area contributed by atoms with E-state index in [1.54, 1.807) is 12.5 Å². The number of nitrogens with one attached hydrogen (secondary N) is 1. The van der Waals surface area contributed by atoms with Crippen molar-refractivity contribution in [1.82, 2.24) is 14.5 Å². The van der Waals surface area contributed by atoms with Gasteiger partial charge < -0.3 is 10.1 Å². The number of hydrogen-bond acceptors (Lipinski definition) is 4. The van der Waals surface area contributed by atoms with E-state index in [1.807, 2.05) is 41.0 Å². The molecule has 0 unspecified atom stereocenters. The number of pyridine rings is 1. The van der Waals surface area contributed by atoms with Gasteiger partial charge >= 0.3 is 0 Å². The summed E-state index contributed by atoms with van der Waals surface area (Å²) in [6.45, 7) is 0.0958. The highest BCUT2D eigenvalue weighted by atomic mass is 16.5. The average molecular weight is 308 g/mol. The normalized spacial score (nSPS) is 14.1. The van der Waals surface area contributed by atoms with E-state index in [1.165, 1.54) is 0 Å². The summed E-state index contributed by atoms with van der Waals surface area (Å²) < 4.78 is 7.29. The summed E-state index contributed by atoms with van der Waals surface area (Å²) in [5, 5.41) is 2.78. The molecular formula is C17H16N4O2. The Balaban J connectivity index is 1.48. The van der Waals surface area contributed by atoms with Crippen LogP contribution in [-0.4, -0.2) is 33.2 Å². The Morgan fingerprint density at radius 3 is 2.87 bits per heavy atom. The highest BCUT2D eigenvalue weighted by Crippen LogP contribution is 2.23. The molecule has 116 valence electrons. The van der Waals surface area contributed by atoms with Gasteiger partial charge in [0.05, 0.1) is 29.0 Å². The third kappa shape index (κ3) is 3.07. The number of benzene rings is 1. The zero-order chi connectivity index (χ0) is 15.6. The predicted molar refractivity (Wildman–Crippen MR) is 86.5 cm³/mol. The molecular weight excluding hydrogens is 292 g/mol. The third-order valence-electron chi connectivity index (χ3n) is 3.71. The Morgan fingerprint density at radius 2 is 2.09 bits per heavy atom. The average Bonchev–Trinajstić information content (AvgIpc) is 3.31. The minimum Gasteiger partial charge on any atom is -0.368 e. The molecule has 0 bridgehead atoms. The van der Waals surface area contributed by atoms with Crippen LogP contribution in [-0.2, 0) is 9.53 Å². The summed E-state index contributed by atoms with van der Waals surface area (Å²) in [6, 6.07) is 11.6. The summed E-state index contributed by atoms with van der Waals surface area (Å²) in [5.74, 6) is 0.602. The zero-order valence-corrected chi connectivity index (χ0v) is 12.5. The Morgan fingerprint density at radius 1 is 1.22 bits per heavy atom. The summed E-state index contributed by atoms with van der Waals surface area (Å²) in [5.41, 5.74) is 2.57. The molecule has 23 heavy (non-hydrogen) atoms. The van der Waals surface area contributed by atoms with E-state index in [2.05, 4.69) is 15.3 Å². The SMILES string of the molecule is O=C(COC1CC1)Nc1ccc(-n2cnc3ccccc32)nc1. The maximum Gasteiger partial charge on any atom is 0.250 e. The van der Waals surface area contributed by atoms with Gasteiger partial charge in [0, 0.05) is 0 Å². The van der Waals surface area contributed by atoms with Crippen LogP contribution in [0.5, 0.6) is 0 Å². The summed E-state index contributed by atoms with van der Waals surface area (Å²) >= 11 is 0. The van der Waals surface area contributed by atoms with E-state index < -0.39 is 0 Å². The van der Waals surface area contributed by atoms with Gasteiger partial charge in [0.25, 0.3) is 0 Å². The van der Waals surface area contributed by atoms with E-state index >= 15 is 0 Å². The summed E-state index contributed by atoms with van der Waals surface area (Å²) in [6.07, 6.45) is 5.77. The number of fused-ring (bicyclic) bond motifs is 1. The molecule has 1 aromatic carbocycles. The number of carbonyl (C=O) groups excluding carboxylic acids is 1. The molecule has 1 aliphatic carbocycles. The molecule has 1 fully saturated rings. The zero-order valence-electron chi connectivity index (χ0n) is 12.5. The Kier molecular flexibility index (Phi) is 3.51. The molecule has 2 aromatic heterocycles. The highest BCUT2D eigenvalue weighted by molar-refractivity contribution is 5.91. The Bertz CT molecular complexity index is 837. The van der Waals surface area contributed by atoms with Crippen molar-refractivity contribution < 1.29 is 9.53 Å². The van der Waals surface area contributed by atoms with Crippen LogP contribution in [0.15, 0.2) is 48.9 Å². The van der Waals surface area contributed by atoms with Gasteiger partial charge in [0.15, 0.2) is 0 Å². The smallest absolute Gasteiger partial charge is 0.250 e. The largest absolute Gasteiger partial charge is 0.368 e. The Hall–Kier alpha value is -2.73. The first-order chi connectivity index (χ1) is 11.3. The van der Waals surface area contributed by atoms with Crippen LogP contribution < -0.4 is 5.32 Å². The van der Waals surface area contributed by atoms with Crippen molar-refractivity contribution >= 4 is 22.6 Å². The second kappa shape index (κ2) is 5.81. The first-order valence-corrected chi connectivity index (χ1v) is 7.59. The second-order valence-electron chi connectivity index (χ2n) is 5.57. The van der Waals surface area contributed by atoms with Crippen molar-refractivity contribution in [3.8, 4) is 5.82 Å². The number of rotatable bonds is 5. The minimum absolute atomic E-state index is 0.0958. The fourth-order valence-corrected chi connectivity index (χ4v) is 2.37. The molecule has 1 saturated carbocycles. The van der Waals surface area contributed by atoms with Gasteiger partial charge in [-0.05, 0) is 37.1 Å². The van der Waals surface area contributed by atoms with Gasteiger partial charge in [-0.25, -0.2) is 9.97 Å². The van der Waals surface area contributed by atoms with E-state index in [9.17, 15) is 4.79 Å². The topological polar surface area (TPSA) is 69.0 Å². The third-order valence-corrected chi connectivity index (χ3v) is 3.71. The van der Waals surface area contributed by atoms with Crippen molar-refractivity contribution in [3.05, 3.63) is 48.9 Å². The quantitative estimate of drug-likeness (QED) is 0.786. The molecule has 3 aromatic rings. The van der Waals surface area contributed by atoms with E-state index in [0.29, 0.717) is 5.69 Å². The van der Waals surface area contributed by atoms with Crippen LogP contribution in [0.1, 0.15) is 12.8 Å². The molecule has 1 aliphatic rings. The molecule has 6 heteroatoms. The molecule has 6 nitrogen and oxygen atoms in total. The summed E-state index contributed by atoms with van der Waals surface area (Å²) in [7, 11) is 0. The maximum atomic E-state index is 11.8. The molecule has 0 spiro atoms. The predicted octanol–water partition coefficient (Wildman–Crippen LogP) is 2.54. The molecule has 0 atom stereocenters. The molecule has 0 radical (unpaired) electrons. The van der Waals surface area contributed by atoms with Gasteiger partial charge in [-0.3, -0.25) is 9.36 Å². The molecule has 1 amide bonds. The van der Waals surface area contributed by atoms with Crippen LogP contribution in [0.2, 0.25) is 0 Å². The maximum absolute atomic E-state index is 11.8. The standard InChI is InChI=1S/C17H16N4O2/c22-17(10-23-13-6-7-13)20-12-5-8-16(18-9-12)21-11-19-14-3-1-2-4-15(14)21/h1-5,8-9,11,13H,6-7,10H2,(H,20,22). The number of nitrogens with zero attached hydrogens (tertiary/aromatic N) is 3. The van der Waals surface area contributed by atoms with Gasteiger partial charge in [-0.1, -0.05) is 12.1 Å². The number of carbonyl (C=O) groups is 1. The lowest BCUT2D eigenvalue weighted by molar-refractivity contribution is -0.121. The number of aromatic nitrogens is 3. The number of hydrogen-bond donors (Lipinski definition) is 1. The number of amides is 1. The van der Waals surface area contributed by atoms with Crippen molar-refractivity contribution in [2.75, 3.05) is 11.9 Å². The number of ether oxygens (including phenoxy) is 1.